The number of ether oxygens (including phenoxy) is 1. The molecule has 0 radical (unpaired) electrons. The average Bonchev–Trinajstić information content (AvgIpc) is 2.76. The maximum absolute atomic E-state index is 12.2. The van der Waals surface area contributed by atoms with Gasteiger partial charge in [-0.05, 0) is 61.2 Å². The topological polar surface area (TPSA) is 42.4 Å². The molecule has 0 aromatic carbocycles. The van der Waals surface area contributed by atoms with Crippen molar-refractivity contribution >= 4 is 22.0 Å². The monoisotopic (exact) mass is 326 g/mol. The van der Waals surface area contributed by atoms with Crippen molar-refractivity contribution in [1.29, 1.82) is 0 Å². The van der Waals surface area contributed by atoms with E-state index in [1.165, 1.54) is 0 Å². The fraction of sp³-hybridized carbons (Fsp3) is 0.571. The minimum atomic E-state index is -0.456. The van der Waals surface area contributed by atoms with E-state index in [0.29, 0.717) is 0 Å². The van der Waals surface area contributed by atoms with E-state index in [-0.39, 0.29) is 12.1 Å². The molecule has 1 amide bonds. The zero-order valence-corrected chi connectivity index (χ0v) is 13.1. The molecule has 2 heterocycles. The molecule has 4 nitrogen and oxygen atoms in total. The molecule has 0 aliphatic carbocycles. The third kappa shape index (κ3) is 3.69. The molecular weight excluding hydrogens is 308 g/mol. The number of likely N-dealkylation sites (tertiary alicyclic amines) is 1. The quantitative estimate of drug-likeness (QED) is 0.734. The third-order valence-electron chi connectivity index (χ3n) is 3.02. The van der Waals surface area contributed by atoms with E-state index < -0.39 is 5.60 Å². The number of carbonyl (C=O) groups excluding carboxylic acids is 1. The summed E-state index contributed by atoms with van der Waals surface area (Å²) in [6, 6.07) is 3.99. The van der Waals surface area contributed by atoms with Crippen molar-refractivity contribution in [2.24, 2.45) is 0 Å². The Hall–Kier alpha value is -1.10. The van der Waals surface area contributed by atoms with E-state index in [4.69, 9.17) is 4.74 Å². The Morgan fingerprint density at radius 2 is 2.21 bits per heavy atom. The van der Waals surface area contributed by atoms with Crippen molar-refractivity contribution in [3.63, 3.8) is 0 Å². The van der Waals surface area contributed by atoms with Gasteiger partial charge in [0.05, 0.1) is 6.04 Å². The van der Waals surface area contributed by atoms with Gasteiger partial charge in [0.15, 0.2) is 0 Å². The minimum Gasteiger partial charge on any atom is -0.444 e. The summed E-state index contributed by atoms with van der Waals surface area (Å²) in [4.78, 5) is 18.2. The molecule has 2 rings (SSSR count). The van der Waals surface area contributed by atoms with Crippen molar-refractivity contribution in [3.8, 4) is 0 Å². The van der Waals surface area contributed by atoms with Crippen LogP contribution >= 0.6 is 15.9 Å². The summed E-state index contributed by atoms with van der Waals surface area (Å²) < 4.78 is 6.26. The SMILES string of the molecule is CC(C)(C)OC(=O)N1CCCC1c1ccc(Br)nc1. The van der Waals surface area contributed by atoms with E-state index in [2.05, 4.69) is 20.9 Å². The second-order valence-electron chi connectivity index (χ2n) is 5.75. The first kappa shape index (κ1) is 14.3. The third-order valence-corrected chi connectivity index (χ3v) is 3.48. The highest BCUT2D eigenvalue weighted by Crippen LogP contribution is 2.33. The van der Waals surface area contributed by atoms with Crippen LogP contribution in [0.5, 0.6) is 0 Å². The number of hydrogen-bond acceptors (Lipinski definition) is 3. The molecule has 1 aromatic rings. The Morgan fingerprint density at radius 3 is 2.79 bits per heavy atom. The molecule has 104 valence electrons. The number of halogens is 1. The molecule has 0 saturated carbocycles. The number of amides is 1. The summed E-state index contributed by atoms with van der Waals surface area (Å²) in [5, 5.41) is 0. The van der Waals surface area contributed by atoms with Crippen molar-refractivity contribution in [2.45, 2.75) is 45.3 Å². The first-order valence-corrected chi connectivity index (χ1v) is 7.27. The molecule has 0 N–H and O–H groups in total. The van der Waals surface area contributed by atoms with Gasteiger partial charge in [0.1, 0.15) is 10.2 Å². The van der Waals surface area contributed by atoms with Gasteiger partial charge in [0.25, 0.3) is 0 Å². The van der Waals surface area contributed by atoms with Gasteiger partial charge >= 0.3 is 6.09 Å². The van der Waals surface area contributed by atoms with Gasteiger partial charge < -0.3 is 9.64 Å². The molecule has 0 spiro atoms. The van der Waals surface area contributed by atoms with E-state index in [0.717, 1.165) is 29.6 Å². The summed E-state index contributed by atoms with van der Waals surface area (Å²) >= 11 is 3.32. The van der Waals surface area contributed by atoms with E-state index >= 15 is 0 Å². The van der Waals surface area contributed by atoms with Gasteiger partial charge in [0.2, 0.25) is 0 Å². The predicted octanol–water partition coefficient (Wildman–Crippen LogP) is 3.92. The molecule has 19 heavy (non-hydrogen) atoms. The summed E-state index contributed by atoms with van der Waals surface area (Å²) in [7, 11) is 0. The summed E-state index contributed by atoms with van der Waals surface area (Å²) in [5.74, 6) is 0. The largest absolute Gasteiger partial charge is 0.444 e. The molecule has 1 unspecified atom stereocenters. The second-order valence-corrected chi connectivity index (χ2v) is 6.56. The van der Waals surface area contributed by atoms with Crippen molar-refractivity contribution in [1.82, 2.24) is 9.88 Å². The maximum atomic E-state index is 12.2. The van der Waals surface area contributed by atoms with Crippen LogP contribution in [0.25, 0.3) is 0 Å². The first-order chi connectivity index (χ1) is 8.87. The second kappa shape index (κ2) is 5.49. The van der Waals surface area contributed by atoms with Crippen molar-refractivity contribution < 1.29 is 9.53 Å². The van der Waals surface area contributed by atoms with Crippen LogP contribution in [0.15, 0.2) is 22.9 Å². The number of rotatable bonds is 1. The van der Waals surface area contributed by atoms with E-state index in [1.54, 1.807) is 4.90 Å². The predicted molar refractivity (Wildman–Crippen MR) is 76.9 cm³/mol. The fourth-order valence-electron chi connectivity index (χ4n) is 2.24. The molecule has 5 heteroatoms. The molecule has 1 fully saturated rings. The molecule has 1 atom stereocenters. The highest BCUT2D eigenvalue weighted by molar-refractivity contribution is 9.10. The number of nitrogens with zero attached hydrogens (tertiary/aromatic N) is 2. The lowest BCUT2D eigenvalue weighted by Gasteiger charge is -2.28. The Bertz CT molecular complexity index is 454. The Balaban J connectivity index is 2.12. The summed E-state index contributed by atoms with van der Waals surface area (Å²) in [6.07, 6.45) is 3.54. The lowest BCUT2D eigenvalue weighted by molar-refractivity contribution is 0.0224. The molecular formula is C14H19BrN2O2. The van der Waals surface area contributed by atoms with Crippen LogP contribution in [0, 0.1) is 0 Å². The van der Waals surface area contributed by atoms with Gasteiger partial charge in [-0.1, -0.05) is 6.07 Å². The normalized spacial score (nSPS) is 19.6. The molecule has 0 bridgehead atoms. The maximum Gasteiger partial charge on any atom is 0.410 e. The van der Waals surface area contributed by atoms with Gasteiger partial charge in [-0.25, -0.2) is 9.78 Å². The van der Waals surface area contributed by atoms with Crippen LogP contribution in [0.2, 0.25) is 0 Å². The highest BCUT2D eigenvalue weighted by Gasteiger charge is 2.33. The number of aromatic nitrogens is 1. The minimum absolute atomic E-state index is 0.0791. The van der Waals surface area contributed by atoms with Crippen LogP contribution in [0.1, 0.15) is 45.2 Å². The number of carbonyl (C=O) groups is 1. The lowest BCUT2D eigenvalue weighted by Crippen LogP contribution is -2.36. The Morgan fingerprint density at radius 1 is 1.47 bits per heavy atom. The lowest BCUT2D eigenvalue weighted by atomic mass is 10.1. The Labute approximate surface area is 122 Å². The van der Waals surface area contributed by atoms with Gasteiger partial charge in [-0.15, -0.1) is 0 Å². The van der Waals surface area contributed by atoms with Crippen LogP contribution in [0.4, 0.5) is 4.79 Å². The molecule has 1 aliphatic heterocycles. The van der Waals surface area contributed by atoms with Gasteiger partial charge in [0, 0.05) is 12.7 Å². The highest BCUT2D eigenvalue weighted by atomic mass is 79.9. The van der Waals surface area contributed by atoms with Crippen LogP contribution in [0.3, 0.4) is 0 Å². The Kier molecular flexibility index (Phi) is 4.13. The van der Waals surface area contributed by atoms with Gasteiger partial charge in [-0.2, -0.15) is 0 Å². The zero-order valence-electron chi connectivity index (χ0n) is 11.5. The van der Waals surface area contributed by atoms with Crippen molar-refractivity contribution in [2.75, 3.05) is 6.54 Å². The molecule has 1 aromatic heterocycles. The molecule has 1 aliphatic rings. The number of pyridine rings is 1. The standard InChI is InChI=1S/C14H19BrN2O2/c1-14(2,3)19-13(18)17-8-4-5-11(17)10-6-7-12(15)16-9-10/h6-7,9,11H,4-5,8H2,1-3H3. The zero-order chi connectivity index (χ0) is 14.0. The summed E-state index contributed by atoms with van der Waals surface area (Å²) in [6.45, 7) is 6.40. The van der Waals surface area contributed by atoms with Crippen LogP contribution in [-0.4, -0.2) is 28.1 Å². The summed E-state index contributed by atoms with van der Waals surface area (Å²) in [5.41, 5.74) is 0.605. The van der Waals surface area contributed by atoms with E-state index in [1.807, 2.05) is 39.1 Å². The van der Waals surface area contributed by atoms with Crippen LogP contribution in [-0.2, 0) is 4.74 Å². The first-order valence-electron chi connectivity index (χ1n) is 6.48. The average molecular weight is 327 g/mol. The smallest absolute Gasteiger partial charge is 0.410 e. The molecule has 1 saturated heterocycles. The number of hydrogen-bond donors (Lipinski definition) is 0. The van der Waals surface area contributed by atoms with Crippen LogP contribution < -0.4 is 0 Å². The van der Waals surface area contributed by atoms with Gasteiger partial charge in [-0.3, -0.25) is 0 Å². The van der Waals surface area contributed by atoms with Crippen molar-refractivity contribution in [3.05, 3.63) is 28.5 Å². The van der Waals surface area contributed by atoms with E-state index in [9.17, 15) is 4.79 Å². The fourth-order valence-corrected chi connectivity index (χ4v) is 2.47.